The number of hydrogen-bond donors (Lipinski definition) is 3. The summed E-state index contributed by atoms with van der Waals surface area (Å²) in [5.41, 5.74) is 2.59. The molecule has 3 aromatic carbocycles. The predicted octanol–water partition coefficient (Wildman–Crippen LogP) is 3.79. The fourth-order valence-corrected chi connectivity index (χ4v) is 3.09. The number of benzene rings is 3. The first-order valence-corrected chi connectivity index (χ1v) is 10.2. The number of para-hydroxylation sites is 1. The number of amides is 2. The maximum atomic E-state index is 12.5. The molecule has 0 saturated heterocycles. The van der Waals surface area contributed by atoms with E-state index in [9.17, 15) is 9.59 Å². The van der Waals surface area contributed by atoms with Gasteiger partial charge in [-0.25, -0.2) is 0 Å². The van der Waals surface area contributed by atoms with Gasteiger partial charge in [0.25, 0.3) is 11.8 Å². The van der Waals surface area contributed by atoms with Crippen LogP contribution in [-0.2, 0) is 6.42 Å². The molecule has 3 N–H and O–H groups in total. The Balaban J connectivity index is 1.52. The normalized spacial score (nSPS) is 10.1. The highest BCUT2D eigenvalue weighted by Gasteiger charge is 2.12. The largest absolute Gasteiger partial charge is 0.493 e. The zero-order valence-corrected chi connectivity index (χ0v) is 17.9. The first-order chi connectivity index (χ1) is 15.1. The number of carbonyl (C=O) groups is 2. The fraction of sp³-hybridized carbons (Fsp3) is 0.125. The summed E-state index contributed by atoms with van der Waals surface area (Å²) in [5.74, 6) is 0.0820. The van der Waals surface area contributed by atoms with Crippen molar-refractivity contribution in [2.24, 2.45) is 0 Å². The minimum atomic E-state index is -0.356. The van der Waals surface area contributed by atoms with Crippen LogP contribution in [0.3, 0.4) is 0 Å². The van der Waals surface area contributed by atoms with Crippen LogP contribution in [0.15, 0.2) is 78.9 Å². The lowest BCUT2D eigenvalue weighted by Crippen LogP contribution is -2.34. The van der Waals surface area contributed by atoms with Crippen molar-refractivity contribution in [3.05, 3.63) is 95.6 Å². The highest BCUT2D eigenvalue weighted by atomic mass is 32.1. The maximum Gasteiger partial charge on any atom is 0.257 e. The van der Waals surface area contributed by atoms with Gasteiger partial charge in [-0.15, -0.1) is 0 Å². The first kappa shape index (κ1) is 22.0. The third kappa shape index (κ3) is 6.38. The first-order valence-electron chi connectivity index (χ1n) is 9.77. The predicted molar refractivity (Wildman–Crippen MR) is 126 cm³/mol. The number of anilines is 1. The van der Waals surface area contributed by atoms with E-state index in [0.717, 1.165) is 6.42 Å². The highest BCUT2D eigenvalue weighted by Crippen LogP contribution is 2.15. The van der Waals surface area contributed by atoms with E-state index in [1.165, 1.54) is 5.56 Å². The Morgan fingerprint density at radius 3 is 2.26 bits per heavy atom. The molecule has 0 aliphatic rings. The quantitative estimate of drug-likeness (QED) is 0.494. The Bertz CT molecular complexity index is 1050. The summed E-state index contributed by atoms with van der Waals surface area (Å²) >= 11 is 5.22. The van der Waals surface area contributed by atoms with Gasteiger partial charge >= 0.3 is 0 Å². The molecule has 2 amide bonds. The lowest BCUT2D eigenvalue weighted by molar-refractivity contribution is 0.0961. The van der Waals surface area contributed by atoms with Gasteiger partial charge in [0.15, 0.2) is 5.11 Å². The van der Waals surface area contributed by atoms with Crippen LogP contribution in [0, 0.1) is 0 Å². The summed E-state index contributed by atoms with van der Waals surface area (Å²) in [6, 6.07) is 23.8. The summed E-state index contributed by atoms with van der Waals surface area (Å²) in [4.78, 5) is 24.4. The molecule has 3 rings (SSSR count). The van der Waals surface area contributed by atoms with Gasteiger partial charge in [-0.3, -0.25) is 14.9 Å². The average molecular weight is 434 g/mol. The van der Waals surface area contributed by atoms with Gasteiger partial charge in [0, 0.05) is 19.0 Å². The number of rotatable bonds is 7. The summed E-state index contributed by atoms with van der Waals surface area (Å²) in [6.45, 7) is 0.550. The van der Waals surface area contributed by atoms with Crippen LogP contribution in [0.2, 0.25) is 0 Å². The number of carbonyl (C=O) groups excluding carboxylic acids is 2. The Morgan fingerprint density at radius 1 is 0.871 bits per heavy atom. The van der Waals surface area contributed by atoms with E-state index >= 15 is 0 Å². The van der Waals surface area contributed by atoms with Gasteiger partial charge in [0.1, 0.15) is 5.75 Å². The monoisotopic (exact) mass is 433 g/mol. The van der Waals surface area contributed by atoms with Gasteiger partial charge in [0.2, 0.25) is 0 Å². The molecule has 0 saturated carbocycles. The second kappa shape index (κ2) is 10.9. The van der Waals surface area contributed by atoms with Gasteiger partial charge < -0.3 is 15.4 Å². The lowest BCUT2D eigenvalue weighted by Gasteiger charge is -2.13. The third-order valence-corrected chi connectivity index (χ3v) is 4.70. The molecule has 0 atom stereocenters. The number of thiocarbonyl (C=S) groups is 1. The van der Waals surface area contributed by atoms with Gasteiger partial charge in [-0.2, -0.15) is 0 Å². The molecule has 31 heavy (non-hydrogen) atoms. The smallest absolute Gasteiger partial charge is 0.257 e. The van der Waals surface area contributed by atoms with Crippen molar-refractivity contribution in [3.63, 3.8) is 0 Å². The summed E-state index contributed by atoms with van der Waals surface area (Å²) in [6.07, 6.45) is 0.806. The fourth-order valence-electron chi connectivity index (χ4n) is 2.89. The second-order valence-electron chi connectivity index (χ2n) is 6.64. The molecular formula is C24H23N3O3S. The Hall–Kier alpha value is -3.71. The molecule has 0 aromatic heterocycles. The molecule has 3 aromatic rings. The van der Waals surface area contributed by atoms with Crippen LogP contribution < -0.4 is 20.7 Å². The van der Waals surface area contributed by atoms with E-state index < -0.39 is 0 Å². The highest BCUT2D eigenvalue weighted by molar-refractivity contribution is 7.80. The van der Waals surface area contributed by atoms with Gasteiger partial charge in [0.05, 0.1) is 17.9 Å². The molecule has 0 fully saturated rings. The maximum absolute atomic E-state index is 12.5. The average Bonchev–Trinajstić information content (AvgIpc) is 2.80. The molecular weight excluding hydrogens is 410 g/mol. The SMILES string of the molecule is CNC(=O)c1ccccc1NC(=S)NC(=O)c1ccc(OCCc2ccccc2)cc1. The van der Waals surface area contributed by atoms with Crippen molar-refractivity contribution < 1.29 is 14.3 Å². The zero-order chi connectivity index (χ0) is 22.1. The molecule has 158 valence electrons. The lowest BCUT2D eigenvalue weighted by atomic mass is 10.1. The molecule has 0 bridgehead atoms. The van der Waals surface area contributed by atoms with E-state index in [1.807, 2.05) is 18.2 Å². The number of hydrogen-bond acceptors (Lipinski definition) is 4. The van der Waals surface area contributed by atoms with Crippen LogP contribution in [0.1, 0.15) is 26.3 Å². The number of ether oxygens (including phenoxy) is 1. The van der Waals surface area contributed by atoms with Gasteiger partial charge in [-0.05, 0) is 54.2 Å². The van der Waals surface area contributed by atoms with Crippen molar-refractivity contribution in [1.29, 1.82) is 0 Å². The zero-order valence-electron chi connectivity index (χ0n) is 17.1. The number of nitrogens with one attached hydrogen (secondary N) is 3. The van der Waals surface area contributed by atoms with Crippen LogP contribution >= 0.6 is 12.2 Å². The topological polar surface area (TPSA) is 79.5 Å². The molecule has 7 heteroatoms. The van der Waals surface area contributed by atoms with Crippen molar-refractivity contribution in [3.8, 4) is 5.75 Å². The molecule has 0 heterocycles. The summed E-state index contributed by atoms with van der Waals surface area (Å²) < 4.78 is 5.74. The van der Waals surface area contributed by atoms with E-state index in [-0.39, 0.29) is 16.9 Å². The van der Waals surface area contributed by atoms with Crippen LogP contribution in [0.25, 0.3) is 0 Å². The van der Waals surface area contributed by atoms with Gasteiger partial charge in [-0.1, -0.05) is 42.5 Å². The van der Waals surface area contributed by atoms with Crippen LogP contribution in [-0.4, -0.2) is 30.6 Å². The molecule has 0 spiro atoms. The van der Waals surface area contributed by atoms with Crippen molar-refractivity contribution in [2.75, 3.05) is 19.0 Å². The summed E-state index contributed by atoms with van der Waals surface area (Å²) in [5, 5.41) is 8.19. The van der Waals surface area contributed by atoms with E-state index in [0.29, 0.717) is 29.2 Å². The Labute approximate surface area is 186 Å². The molecule has 0 radical (unpaired) electrons. The summed E-state index contributed by atoms with van der Waals surface area (Å²) in [7, 11) is 1.55. The van der Waals surface area contributed by atoms with E-state index in [2.05, 4.69) is 28.1 Å². The molecule has 0 unspecified atom stereocenters. The van der Waals surface area contributed by atoms with Crippen LogP contribution in [0.4, 0.5) is 5.69 Å². The van der Waals surface area contributed by atoms with Crippen molar-refractivity contribution in [1.82, 2.24) is 10.6 Å². The standard InChI is InChI=1S/C24H23N3O3S/c1-25-23(29)20-9-5-6-10-21(20)26-24(31)27-22(28)18-11-13-19(14-12-18)30-16-15-17-7-3-2-4-8-17/h2-14H,15-16H2,1H3,(H,25,29)(H2,26,27,28,31). The molecule has 0 aliphatic carbocycles. The Kier molecular flexibility index (Phi) is 7.73. The molecule has 0 aliphatic heterocycles. The molecule has 6 nitrogen and oxygen atoms in total. The van der Waals surface area contributed by atoms with Crippen LogP contribution in [0.5, 0.6) is 5.75 Å². The van der Waals surface area contributed by atoms with Crippen molar-refractivity contribution in [2.45, 2.75) is 6.42 Å². The second-order valence-corrected chi connectivity index (χ2v) is 7.05. The third-order valence-electron chi connectivity index (χ3n) is 4.49. The van der Waals surface area contributed by atoms with E-state index in [4.69, 9.17) is 17.0 Å². The minimum absolute atomic E-state index is 0.101. The van der Waals surface area contributed by atoms with E-state index in [1.54, 1.807) is 55.6 Å². The Morgan fingerprint density at radius 2 is 1.55 bits per heavy atom. The van der Waals surface area contributed by atoms with Crippen molar-refractivity contribution >= 4 is 34.8 Å². The minimum Gasteiger partial charge on any atom is -0.493 e.